The van der Waals surface area contributed by atoms with E-state index in [1.54, 1.807) is 16.0 Å². The second kappa shape index (κ2) is 6.32. The Morgan fingerprint density at radius 3 is 2.82 bits per heavy atom. The average molecular weight is 382 g/mol. The van der Waals surface area contributed by atoms with E-state index < -0.39 is 11.5 Å². The van der Waals surface area contributed by atoms with Crippen LogP contribution in [-0.2, 0) is 19.1 Å². The molecule has 1 atom stereocenters. The van der Waals surface area contributed by atoms with Crippen LogP contribution in [-0.4, -0.2) is 58.1 Å². The first-order valence-electron chi connectivity index (χ1n) is 9.80. The standard InChI is InChI=1S/C20H22N4O4/c25-17-12-23(19(27)15-10-18(26)28-20(15)5-1-2-6-20)7-8-24(17)14-3-4-16-13(9-14)11-21-22-16/h3-4,9,11,15H,1-2,5-8,10,12H2,(H,21,22)/t15-/m1/s1. The van der Waals surface area contributed by atoms with Crippen LogP contribution in [0.1, 0.15) is 32.1 Å². The maximum absolute atomic E-state index is 13.1. The van der Waals surface area contributed by atoms with Crippen LogP contribution in [0.3, 0.4) is 0 Å². The molecule has 0 unspecified atom stereocenters. The van der Waals surface area contributed by atoms with E-state index in [0.29, 0.717) is 13.1 Å². The smallest absolute Gasteiger partial charge is 0.307 e. The molecular formula is C20H22N4O4. The van der Waals surface area contributed by atoms with E-state index in [2.05, 4.69) is 10.2 Å². The third kappa shape index (κ3) is 2.66. The van der Waals surface area contributed by atoms with Gasteiger partial charge in [0.15, 0.2) is 0 Å². The third-order valence-corrected chi connectivity index (χ3v) is 6.34. The highest BCUT2D eigenvalue weighted by molar-refractivity contribution is 6.00. The molecule has 5 rings (SSSR count). The van der Waals surface area contributed by atoms with Crippen molar-refractivity contribution in [1.29, 1.82) is 0 Å². The molecular weight excluding hydrogens is 360 g/mol. The second-order valence-corrected chi connectivity index (χ2v) is 7.95. The van der Waals surface area contributed by atoms with Crippen LogP contribution in [0.2, 0.25) is 0 Å². The number of nitrogens with one attached hydrogen (secondary N) is 1. The summed E-state index contributed by atoms with van der Waals surface area (Å²) >= 11 is 0. The Bertz CT molecular complexity index is 962. The van der Waals surface area contributed by atoms with Gasteiger partial charge >= 0.3 is 5.97 Å². The van der Waals surface area contributed by atoms with Crippen LogP contribution in [0.4, 0.5) is 5.69 Å². The topological polar surface area (TPSA) is 95.6 Å². The van der Waals surface area contributed by atoms with Gasteiger partial charge in [0.05, 0.1) is 24.1 Å². The fraction of sp³-hybridized carbons (Fsp3) is 0.500. The van der Waals surface area contributed by atoms with E-state index in [1.807, 2.05) is 18.2 Å². The molecule has 2 aliphatic heterocycles. The van der Waals surface area contributed by atoms with Crippen LogP contribution in [0.5, 0.6) is 0 Å². The Hall–Kier alpha value is -2.90. The van der Waals surface area contributed by atoms with Gasteiger partial charge in [-0.1, -0.05) is 0 Å². The predicted octanol–water partition coefficient (Wildman–Crippen LogP) is 1.61. The van der Waals surface area contributed by atoms with E-state index in [0.717, 1.165) is 42.3 Å². The van der Waals surface area contributed by atoms with Gasteiger partial charge in [-0.2, -0.15) is 5.10 Å². The van der Waals surface area contributed by atoms with Crippen molar-refractivity contribution in [1.82, 2.24) is 15.1 Å². The minimum atomic E-state index is -0.638. The highest BCUT2D eigenvalue weighted by Gasteiger charge is 2.55. The van der Waals surface area contributed by atoms with E-state index in [-0.39, 0.29) is 30.7 Å². The fourth-order valence-corrected chi connectivity index (χ4v) is 4.88. The summed E-state index contributed by atoms with van der Waals surface area (Å²) < 4.78 is 5.59. The van der Waals surface area contributed by atoms with Gasteiger partial charge in [0.1, 0.15) is 12.1 Å². The van der Waals surface area contributed by atoms with Crippen LogP contribution in [0.25, 0.3) is 10.9 Å². The summed E-state index contributed by atoms with van der Waals surface area (Å²) in [5, 5.41) is 7.84. The largest absolute Gasteiger partial charge is 0.458 e. The third-order valence-electron chi connectivity index (χ3n) is 6.34. The summed E-state index contributed by atoms with van der Waals surface area (Å²) in [6.45, 7) is 0.917. The van der Waals surface area contributed by atoms with Crippen molar-refractivity contribution >= 4 is 34.4 Å². The Kier molecular flexibility index (Phi) is 3.89. The number of ether oxygens (including phenoxy) is 1. The zero-order chi connectivity index (χ0) is 19.3. The maximum Gasteiger partial charge on any atom is 0.307 e. The molecule has 3 aliphatic rings. The number of hydrogen-bond donors (Lipinski definition) is 1. The number of piperazine rings is 1. The number of H-pyrrole nitrogens is 1. The lowest BCUT2D eigenvalue weighted by Gasteiger charge is -2.37. The number of aromatic nitrogens is 2. The van der Waals surface area contributed by atoms with Crippen molar-refractivity contribution in [2.45, 2.75) is 37.7 Å². The van der Waals surface area contributed by atoms with Gasteiger partial charge in [0.25, 0.3) is 0 Å². The summed E-state index contributed by atoms with van der Waals surface area (Å²) in [5.74, 6) is -0.984. The van der Waals surface area contributed by atoms with E-state index >= 15 is 0 Å². The van der Waals surface area contributed by atoms with E-state index in [1.165, 1.54) is 0 Å². The first kappa shape index (κ1) is 17.2. The summed E-state index contributed by atoms with van der Waals surface area (Å²) in [6.07, 6.45) is 5.29. The highest BCUT2D eigenvalue weighted by Crippen LogP contribution is 2.46. The van der Waals surface area contributed by atoms with Gasteiger partial charge in [-0.15, -0.1) is 0 Å². The molecule has 8 heteroatoms. The molecule has 1 aliphatic carbocycles. The summed E-state index contributed by atoms with van der Waals surface area (Å²) in [6, 6.07) is 5.70. The number of carbonyl (C=O) groups is 3. The number of esters is 1. The van der Waals surface area contributed by atoms with Crippen LogP contribution in [0.15, 0.2) is 24.4 Å². The number of rotatable bonds is 2. The van der Waals surface area contributed by atoms with Crippen molar-refractivity contribution in [3.05, 3.63) is 24.4 Å². The summed E-state index contributed by atoms with van der Waals surface area (Å²) in [4.78, 5) is 41.2. The van der Waals surface area contributed by atoms with Crippen LogP contribution in [0, 0.1) is 5.92 Å². The van der Waals surface area contributed by atoms with Gasteiger partial charge in [-0.25, -0.2) is 0 Å². The van der Waals surface area contributed by atoms with Gasteiger partial charge in [0, 0.05) is 24.2 Å². The normalized spacial score (nSPS) is 24.4. The summed E-state index contributed by atoms with van der Waals surface area (Å²) in [7, 11) is 0. The van der Waals surface area contributed by atoms with Crippen molar-refractivity contribution in [3.8, 4) is 0 Å². The molecule has 3 heterocycles. The molecule has 1 spiro atoms. The number of anilines is 1. The average Bonchev–Trinajstić information content (AvgIpc) is 3.41. The molecule has 1 aromatic carbocycles. The highest BCUT2D eigenvalue weighted by atomic mass is 16.6. The minimum absolute atomic E-state index is 0.0308. The molecule has 3 fully saturated rings. The van der Waals surface area contributed by atoms with Crippen LogP contribution < -0.4 is 4.90 Å². The fourth-order valence-electron chi connectivity index (χ4n) is 4.88. The number of nitrogens with zero attached hydrogens (tertiary/aromatic N) is 3. The first-order chi connectivity index (χ1) is 13.6. The lowest BCUT2D eigenvalue weighted by Crippen LogP contribution is -2.55. The molecule has 28 heavy (non-hydrogen) atoms. The van der Waals surface area contributed by atoms with Gasteiger partial charge in [-0.3, -0.25) is 19.5 Å². The van der Waals surface area contributed by atoms with Crippen molar-refractivity contribution in [3.63, 3.8) is 0 Å². The monoisotopic (exact) mass is 382 g/mol. The lowest BCUT2D eigenvalue weighted by molar-refractivity contribution is -0.152. The zero-order valence-corrected chi connectivity index (χ0v) is 15.5. The predicted molar refractivity (Wildman–Crippen MR) is 100 cm³/mol. The second-order valence-electron chi connectivity index (χ2n) is 7.95. The first-order valence-corrected chi connectivity index (χ1v) is 9.80. The number of fused-ring (bicyclic) bond motifs is 1. The van der Waals surface area contributed by atoms with E-state index in [9.17, 15) is 14.4 Å². The molecule has 0 bridgehead atoms. The lowest BCUT2D eigenvalue weighted by atomic mass is 9.84. The van der Waals surface area contributed by atoms with E-state index in [4.69, 9.17) is 4.74 Å². The molecule has 2 aromatic rings. The maximum atomic E-state index is 13.1. The molecule has 0 radical (unpaired) electrons. The number of hydrogen-bond acceptors (Lipinski definition) is 5. The molecule has 1 N–H and O–H groups in total. The molecule has 2 saturated heterocycles. The molecule has 2 amide bonds. The molecule has 146 valence electrons. The van der Waals surface area contributed by atoms with Crippen LogP contribution >= 0.6 is 0 Å². The van der Waals surface area contributed by atoms with Gasteiger partial charge < -0.3 is 14.5 Å². The Labute approximate surface area is 161 Å². The van der Waals surface area contributed by atoms with Crippen molar-refractivity contribution in [2.24, 2.45) is 5.92 Å². The number of amides is 2. The zero-order valence-electron chi connectivity index (χ0n) is 15.5. The quantitative estimate of drug-likeness (QED) is 0.796. The summed E-state index contributed by atoms with van der Waals surface area (Å²) in [5.41, 5.74) is 1.08. The molecule has 1 saturated carbocycles. The Morgan fingerprint density at radius 1 is 1.21 bits per heavy atom. The number of benzene rings is 1. The van der Waals surface area contributed by atoms with Crippen molar-refractivity contribution < 1.29 is 19.1 Å². The molecule has 1 aromatic heterocycles. The van der Waals surface area contributed by atoms with Gasteiger partial charge in [0.2, 0.25) is 11.8 Å². The SMILES string of the molecule is O=C1C[C@H](C(=O)N2CCN(c3ccc4[nH]ncc4c3)C(=O)C2)C2(CCCC2)O1. The van der Waals surface area contributed by atoms with Gasteiger partial charge in [-0.05, 0) is 43.9 Å². The van der Waals surface area contributed by atoms with Crippen molar-refractivity contribution in [2.75, 3.05) is 24.5 Å². The number of aromatic amines is 1. The molecule has 8 nitrogen and oxygen atoms in total. The Morgan fingerprint density at radius 2 is 2.04 bits per heavy atom. The number of carbonyl (C=O) groups excluding carboxylic acids is 3. The minimum Gasteiger partial charge on any atom is -0.458 e. The Balaban J connectivity index is 1.32.